The van der Waals surface area contributed by atoms with Gasteiger partial charge in [0.05, 0.1) is 16.7 Å². The normalized spacial score (nSPS) is 16.0. The van der Waals surface area contributed by atoms with Crippen molar-refractivity contribution in [2.24, 2.45) is 5.41 Å². The fourth-order valence-electron chi connectivity index (χ4n) is 2.43. The van der Waals surface area contributed by atoms with Crippen molar-refractivity contribution >= 4 is 17.3 Å². The van der Waals surface area contributed by atoms with Crippen LogP contribution in [0.25, 0.3) is 0 Å². The molecule has 0 heterocycles. The molecule has 1 aliphatic carbocycles. The van der Waals surface area contributed by atoms with Crippen LogP contribution < -0.4 is 10.6 Å². The summed E-state index contributed by atoms with van der Waals surface area (Å²) in [5.74, 6) is -1.31. The summed E-state index contributed by atoms with van der Waals surface area (Å²) >= 11 is 0. The molecule has 0 saturated heterocycles. The Morgan fingerprint density at radius 2 is 2.14 bits per heavy atom. The van der Waals surface area contributed by atoms with Crippen LogP contribution in [0.3, 0.4) is 0 Å². The number of rotatable bonds is 5. The number of benzene rings is 1. The van der Waals surface area contributed by atoms with E-state index in [4.69, 9.17) is 0 Å². The van der Waals surface area contributed by atoms with Crippen LogP contribution in [0.5, 0.6) is 0 Å². The quantitative estimate of drug-likeness (QED) is 0.646. The van der Waals surface area contributed by atoms with Crippen molar-refractivity contribution in [1.29, 1.82) is 0 Å². The number of nitrogens with one attached hydrogen (secondary N) is 2. The van der Waals surface area contributed by atoms with Crippen LogP contribution in [-0.2, 0) is 0 Å². The highest BCUT2D eigenvalue weighted by molar-refractivity contribution is 5.99. The molecule has 0 unspecified atom stereocenters. The second-order valence-corrected chi connectivity index (χ2v) is 5.70. The van der Waals surface area contributed by atoms with Crippen LogP contribution in [0.1, 0.15) is 36.5 Å². The Labute approximate surface area is 121 Å². The number of anilines is 1. The maximum absolute atomic E-state index is 13.6. The minimum absolute atomic E-state index is 0.0561. The summed E-state index contributed by atoms with van der Waals surface area (Å²) in [6.45, 7) is 2.53. The van der Waals surface area contributed by atoms with E-state index in [0.717, 1.165) is 25.3 Å². The first-order chi connectivity index (χ1) is 9.86. The van der Waals surface area contributed by atoms with Crippen LogP contribution in [0.4, 0.5) is 15.8 Å². The molecule has 1 aromatic carbocycles. The average molecular weight is 295 g/mol. The predicted molar refractivity (Wildman–Crippen MR) is 76.9 cm³/mol. The number of halogens is 1. The molecular weight excluding hydrogens is 277 g/mol. The molecule has 1 aromatic rings. The summed E-state index contributed by atoms with van der Waals surface area (Å²) in [6.07, 6.45) is 3.19. The fraction of sp³-hybridized carbons (Fsp3) is 0.500. The highest BCUT2D eigenvalue weighted by Crippen LogP contribution is 2.39. The van der Waals surface area contributed by atoms with Crippen molar-refractivity contribution in [2.45, 2.75) is 26.2 Å². The van der Waals surface area contributed by atoms with E-state index in [0.29, 0.717) is 6.54 Å². The van der Waals surface area contributed by atoms with Gasteiger partial charge in [-0.3, -0.25) is 14.9 Å². The van der Waals surface area contributed by atoms with E-state index in [-0.39, 0.29) is 16.7 Å². The summed E-state index contributed by atoms with van der Waals surface area (Å²) in [6, 6.07) is 1.94. The van der Waals surface area contributed by atoms with Gasteiger partial charge in [0, 0.05) is 13.6 Å². The van der Waals surface area contributed by atoms with Gasteiger partial charge in [-0.2, -0.15) is 0 Å². The van der Waals surface area contributed by atoms with Gasteiger partial charge in [0.15, 0.2) is 5.82 Å². The minimum atomic E-state index is -0.758. The smallest absolute Gasteiger partial charge is 0.285 e. The summed E-state index contributed by atoms with van der Waals surface area (Å²) in [5.41, 5.74) is -0.534. The fourth-order valence-corrected chi connectivity index (χ4v) is 2.43. The highest BCUT2D eigenvalue weighted by Gasteiger charge is 2.33. The van der Waals surface area contributed by atoms with Crippen molar-refractivity contribution in [3.63, 3.8) is 0 Å². The largest absolute Gasteiger partial charge is 0.386 e. The van der Waals surface area contributed by atoms with Crippen molar-refractivity contribution in [2.75, 3.05) is 18.9 Å². The Balaban J connectivity index is 2.23. The lowest BCUT2D eigenvalue weighted by Crippen LogP contribution is -2.40. The first kappa shape index (κ1) is 15.2. The van der Waals surface area contributed by atoms with Gasteiger partial charge in [-0.1, -0.05) is 13.3 Å². The van der Waals surface area contributed by atoms with Crippen LogP contribution in [0.15, 0.2) is 12.1 Å². The topological polar surface area (TPSA) is 84.3 Å². The number of nitrogens with zero attached hydrogens (tertiary/aromatic N) is 1. The Morgan fingerprint density at radius 3 is 2.62 bits per heavy atom. The molecule has 2 rings (SSSR count). The highest BCUT2D eigenvalue weighted by atomic mass is 19.1. The van der Waals surface area contributed by atoms with Gasteiger partial charge in [-0.05, 0) is 24.3 Å². The third-order valence-electron chi connectivity index (χ3n) is 4.03. The van der Waals surface area contributed by atoms with E-state index < -0.39 is 22.3 Å². The van der Waals surface area contributed by atoms with Gasteiger partial charge in [-0.15, -0.1) is 0 Å². The molecule has 0 spiro atoms. The van der Waals surface area contributed by atoms with E-state index in [9.17, 15) is 19.3 Å². The molecule has 0 aromatic heterocycles. The van der Waals surface area contributed by atoms with Gasteiger partial charge in [0.2, 0.25) is 0 Å². The SMILES string of the molecule is CNc1cc(C(=O)NCC2(C)CCC2)c([N+](=O)[O-])cc1F. The molecule has 21 heavy (non-hydrogen) atoms. The molecule has 1 aliphatic rings. The first-order valence-corrected chi connectivity index (χ1v) is 6.80. The molecule has 7 heteroatoms. The van der Waals surface area contributed by atoms with E-state index in [1.807, 2.05) is 0 Å². The second kappa shape index (κ2) is 5.67. The second-order valence-electron chi connectivity index (χ2n) is 5.70. The molecule has 0 bridgehead atoms. The molecule has 1 saturated carbocycles. The minimum Gasteiger partial charge on any atom is -0.386 e. The van der Waals surface area contributed by atoms with Crippen LogP contribution in [-0.4, -0.2) is 24.4 Å². The third-order valence-corrected chi connectivity index (χ3v) is 4.03. The predicted octanol–water partition coefficient (Wildman–Crippen LogP) is 2.70. The maximum atomic E-state index is 13.6. The zero-order valence-electron chi connectivity index (χ0n) is 12.0. The molecule has 0 atom stereocenters. The van der Waals surface area contributed by atoms with E-state index >= 15 is 0 Å². The van der Waals surface area contributed by atoms with Gasteiger partial charge in [0.1, 0.15) is 5.56 Å². The lowest BCUT2D eigenvalue weighted by atomic mass is 9.70. The van der Waals surface area contributed by atoms with Crippen LogP contribution in [0, 0.1) is 21.3 Å². The van der Waals surface area contributed by atoms with E-state index in [1.165, 1.54) is 13.1 Å². The third kappa shape index (κ3) is 3.12. The van der Waals surface area contributed by atoms with Crippen molar-refractivity contribution in [3.8, 4) is 0 Å². The van der Waals surface area contributed by atoms with Gasteiger partial charge >= 0.3 is 0 Å². The van der Waals surface area contributed by atoms with Gasteiger partial charge in [-0.25, -0.2) is 4.39 Å². The van der Waals surface area contributed by atoms with Gasteiger partial charge in [0.25, 0.3) is 11.6 Å². The lowest BCUT2D eigenvalue weighted by molar-refractivity contribution is -0.385. The average Bonchev–Trinajstić information content (AvgIpc) is 2.42. The Bertz CT molecular complexity index is 585. The van der Waals surface area contributed by atoms with Crippen LogP contribution >= 0.6 is 0 Å². The summed E-state index contributed by atoms with van der Waals surface area (Å²) in [5, 5.41) is 16.3. The van der Waals surface area contributed by atoms with Crippen molar-refractivity contribution in [1.82, 2.24) is 5.32 Å². The summed E-state index contributed by atoms with van der Waals surface area (Å²) in [7, 11) is 1.49. The number of carbonyl (C=O) groups is 1. The van der Waals surface area contributed by atoms with E-state index in [2.05, 4.69) is 17.6 Å². The maximum Gasteiger partial charge on any atom is 0.285 e. The van der Waals surface area contributed by atoms with Crippen molar-refractivity contribution < 1.29 is 14.1 Å². The number of hydrogen-bond donors (Lipinski definition) is 2. The number of nitro groups is 1. The Kier molecular flexibility index (Phi) is 4.11. The first-order valence-electron chi connectivity index (χ1n) is 6.80. The monoisotopic (exact) mass is 295 g/mol. The van der Waals surface area contributed by atoms with Gasteiger partial charge < -0.3 is 10.6 Å². The molecule has 0 aliphatic heterocycles. The Morgan fingerprint density at radius 1 is 1.48 bits per heavy atom. The summed E-state index contributed by atoms with van der Waals surface area (Å²) < 4.78 is 13.6. The Hall–Kier alpha value is -2.18. The summed E-state index contributed by atoms with van der Waals surface area (Å²) in [4.78, 5) is 22.4. The molecule has 1 fully saturated rings. The van der Waals surface area contributed by atoms with Crippen molar-refractivity contribution in [3.05, 3.63) is 33.6 Å². The molecule has 114 valence electrons. The molecule has 1 amide bonds. The number of hydrogen-bond acceptors (Lipinski definition) is 4. The molecular formula is C14H18FN3O3. The molecule has 2 N–H and O–H groups in total. The van der Waals surface area contributed by atoms with Crippen LogP contribution in [0.2, 0.25) is 0 Å². The molecule has 0 radical (unpaired) electrons. The number of amides is 1. The number of nitro benzene ring substituents is 1. The van der Waals surface area contributed by atoms with E-state index in [1.54, 1.807) is 0 Å². The standard InChI is InChI=1S/C14H18FN3O3/c1-14(4-3-5-14)8-17-13(19)9-6-11(16-2)10(15)7-12(9)18(20)21/h6-7,16H,3-5,8H2,1-2H3,(H,17,19). The zero-order chi connectivity index (χ0) is 15.6. The number of carbonyl (C=O) groups excluding carboxylic acids is 1. The lowest BCUT2D eigenvalue weighted by Gasteiger charge is -2.38. The zero-order valence-corrected chi connectivity index (χ0v) is 12.0. The molecule has 6 nitrogen and oxygen atoms in total.